The van der Waals surface area contributed by atoms with Gasteiger partial charge < -0.3 is 9.80 Å². The van der Waals surface area contributed by atoms with Gasteiger partial charge in [0.05, 0.1) is 6.20 Å². The first-order valence-corrected chi connectivity index (χ1v) is 8.00. The summed E-state index contributed by atoms with van der Waals surface area (Å²) in [6.07, 6.45) is 5.80. The predicted octanol–water partition coefficient (Wildman–Crippen LogP) is 2.00. The van der Waals surface area contributed by atoms with Crippen LogP contribution in [0.5, 0.6) is 0 Å². The van der Waals surface area contributed by atoms with E-state index in [9.17, 15) is 4.79 Å². The van der Waals surface area contributed by atoms with Gasteiger partial charge in [0.1, 0.15) is 5.82 Å². The fourth-order valence-electron chi connectivity index (χ4n) is 2.90. The van der Waals surface area contributed by atoms with Crippen LogP contribution in [0.3, 0.4) is 0 Å². The summed E-state index contributed by atoms with van der Waals surface area (Å²) in [5.41, 5.74) is 3.01. The van der Waals surface area contributed by atoms with Gasteiger partial charge in [-0.05, 0) is 31.9 Å². The molecule has 1 fully saturated rings. The highest BCUT2D eigenvalue weighted by Crippen LogP contribution is 2.18. The maximum atomic E-state index is 12.5. The number of pyridine rings is 1. The van der Waals surface area contributed by atoms with E-state index in [1.807, 2.05) is 40.8 Å². The molecule has 1 saturated heterocycles. The van der Waals surface area contributed by atoms with Crippen LogP contribution in [0.15, 0.2) is 24.5 Å². The molecule has 1 aliphatic rings. The van der Waals surface area contributed by atoms with Crippen molar-refractivity contribution in [3.63, 3.8) is 0 Å². The summed E-state index contributed by atoms with van der Waals surface area (Å²) in [5, 5.41) is 4.27. The molecule has 2 aromatic heterocycles. The Morgan fingerprint density at radius 3 is 2.74 bits per heavy atom. The molecule has 0 aromatic carbocycles. The molecule has 3 heterocycles. The number of nitrogens with zero attached hydrogens (tertiary/aromatic N) is 5. The van der Waals surface area contributed by atoms with E-state index in [0.717, 1.165) is 43.0 Å². The minimum atomic E-state index is 0.108. The number of rotatable bonds is 4. The maximum absolute atomic E-state index is 12.5. The molecule has 0 N–H and O–H groups in total. The third-order valence-electron chi connectivity index (χ3n) is 4.52. The van der Waals surface area contributed by atoms with Gasteiger partial charge in [-0.15, -0.1) is 0 Å². The normalized spacial score (nSPS) is 14.3. The lowest BCUT2D eigenvalue weighted by molar-refractivity contribution is 0.0792. The summed E-state index contributed by atoms with van der Waals surface area (Å²) in [5.74, 6) is 0.912. The molecule has 0 unspecified atom stereocenters. The number of carbonyl (C=O) groups excluding carboxylic acids is 1. The molecule has 6 nitrogen and oxygen atoms in total. The van der Waals surface area contributed by atoms with Gasteiger partial charge in [-0.25, -0.2) is 4.98 Å². The van der Waals surface area contributed by atoms with Gasteiger partial charge in [0, 0.05) is 56.7 Å². The molecular formula is C17H23N5O. The summed E-state index contributed by atoms with van der Waals surface area (Å²) in [4.78, 5) is 20.9. The summed E-state index contributed by atoms with van der Waals surface area (Å²) < 4.78 is 1.87. The third kappa shape index (κ3) is 3.21. The minimum absolute atomic E-state index is 0.108. The Balaban J connectivity index is 1.76. The minimum Gasteiger partial charge on any atom is -0.355 e. The zero-order valence-electron chi connectivity index (χ0n) is 14.0. The second-order valence-electron chi connectivity index (χ2n) is 6.14. The average molecular weight is 313 g/mol. The smallest absolute Gasteiger partial charge is 0.254 e. The SMILES string of the molecule is Cc1c(CN(C)c2cc(C(=O)N3CCCC3)ccn2)cnn1C. The molecule has 0 spiro atoms. The van der Waals surface area contributed by atoms with E-state index in [4.69, 9.17) is 0 Å². The van der Waals surface area contributed by atoms with Crippen LogP contribution < -0.4 is 4.90 Å². The van der Waals surface area contributed by atoms with Crippen LogP contribution in [0.2, 0.25) is 0 Å². The van der Waals surface area contributed by atoms with Crippen LogP contribution in [0.1, 0.15) is 34.5 Å². The molecule has 3 rings (SSSR count). The van der Waals surface area contributed by atoms with E-state index in [1.54, 1.807) is 12.3 Å². The van der Waals surface area contributed by atoms with Crippen molar-refractivity contribution in [3.05, 3.63) is 41.3 Å². The first kappa shape index (κ1) is 15.5. The van der Waals surface area contributed by atoms with Crippen molar-refractivity contribution in [1.29, 1.82) is 0 Å². The van der Waals surface area contributed by atoms with Crippen LogP contribution in [0.4, 0.5) is 5.82 Å². The number of aromatic nitrogens is 3. The zero-order valence-corrected chi connectivity index (χ0v) is 14.0. The van der Waals surface area contributed by atoms with Crippen LogP contribution in [0, 0.1) is 6.92 Å². The quantitative estimate of drug-likeness (QED) is 0.866. The highest BCUT2D eigenvalue weighted by Gasteiger charge is 2.20. The van der Waals surface area contributed by atoms with E-state index in [2.05, 4.69) is 17.0 Å². The summed E-state index contributed by atoms with van der Waals surface area (Å²) in [7, 11) is 3.92. The monoisotopic (exact) mass is 313 g/mol. The van der Waals surface area contributed by atoms with Crippen molar-refractivity contribution in [2.75, 3.05) is 25.0 Å². The average Bonchev–Trinajstić information content (AvgIpc) is 3.20. The molecule has 6 heteroatoms. The van der Waals surface area contributed by atoms with Crippen LogP contribution in [-0.2, 0) is 13.6 Å². The first-order chi connectivity index (χ1) is 11.1. The van der Waals surface area contributed by atoms with Crippen molar-refractivity contribution in [2.45, 2.75) is 26.3 Å². The Morgan fingerprint density at radius 2 is 2.09 bits per heavy atom. The van der Waals surface area contributed by atoms with Crippen molar-refractivity contribution >= 4 is 11.7 Å². The third-order valence-corrected chi connectivity index (χ3v) is 4.52. The molecular weight excluding hydrogens is 290 g/mol. The van der Waals surface area contributed by atoms with Gasteiger partial charge in [0.2, 0.25) is 0 Å². The number of aryl methyl sites for hydroxylation is 1. The Labute approximate surface area is 136 Å². The van der Waals surface area contributed by atoms with Gasteiger partial charge in [0.15, 0.2) is 0 Å². The fraction of sp³-hybridized carbons (Fsp3) is 0.471. The predicted molar refractivity (Wildman–Crippen MR) is 89.4 cm³/mol. The van der Waals surface area contributed by atoms with E-state index in [0.29, 0.717) is 12.1 Å². The molecule has 1 amide bonds. The summed E-state index contributed by atoms with van der Waals surface area (Å²) in [6.45, 7) is 4.49. The molecule has 23 heavy (non-hydrogen) atoms. The Bertz CT molecular complexity index is 703. The lowest BCUT2D eigenvalue weighted by atomic mass is 10.2. The molecule has 0 saturated carbocycles. The number of anilines is 1. The lowest BCUT2D eigenvalue weighted by Gasteiger charge is -2.20. The van der Waals surface area contributed by atoms with Crippen LogP contribution in [0.25, 0.3) is 0 Å². The van der Waals surface area contributed by atoms with E-state index < -0.39 is 0 Å². The van der Waals surface area contributed by atoms with Crippen LogP contribution in [-0.4, -0.2) is 45.7 Å². The molecule has 0 atom stereocenters. The van der Waals surface area contributed by atoms with Gasteiger partial charge in [0.25, 0.3) is 5.91 Å². The Hall–Kier alpha value is -2.37. The highest BCUT2D eigenvalue weighted by atomic mass is 16.2. The van der Waals surface area contributed by atoms with Gasteiger partial charge in [-0.3, -0.25) is 9.48 Å². The van der Waals surface area contributed by atoms with E-state index in [-0.39, 0.29) is 5.91 Å². The van der Waals surface area contributed by atoms with Gasteiger partial charge in [-0.2, -0.15) is 5.10 Å². The second-order valence-corrected chi connectivity index (χ2v) is 6.14. The molecule has 0 radical (unpaired) electrons. The number of likely N-dealkylation sites (tertiary alicyclic amines) is 1. The number of carbonyl (C=O) groups is 1. The lowest BCUT2D eigenvalue weighted by Crippen LogP contribution is -2.28. The molecule has 2 aromatic rings. The maximum Gasteiger partial charge on any atom is 0.254 e. The zero-order chi connectivity index (χ0) is 16.4. The second kappa shape index (κ2) is 6.40. The molecule has 0 aliphatic carbocycles. The summed E-state index contributed by atoms with van der Waals surface area (Å²) in [6, 6.07) is 3.68. The van der Waals surface area contributed by atoms with Gasteiger partial charge in [-0.1, -0.05) is 0 Å². The van der Waals surface area contributed by atoms with Crippen LogP contribution >= 0.6 is 0 Å². The van der Waals surface area contributed by atoms with Crippen molar-refractivity contribution in [3.8, 4) is 0 Å². The van der Waals surface area contributed by atoms with Crippen molar-refractivity contribution in [2.24, 2.45) is 7.05 Å². The van der Waals surface area contributed by atoms with Crippen molar-refractivity contribution < 1.29 is 4.79 Å². The first-order valence-electron chi connectivity index (χ1n) is 8.00. The van der Waals surface area contributed by atoms with E-state index >= 15 is 0 Å². The highest BCUT2D eigenvalue weighted by molar-refractivity contribution is 5.95. The topological polar surface area (TPSA) is 54.3 Å². The molecule has 0 bridgehead atoms. The summed E-state index contributed by atoms with van der Waals surface area (Å²) >= 11 is 0. The largest absolute Gasteiger partial charge is 0.355 e. The number of hydrogen-bond acceptors (Lipinski definition) is 4. The van der Waals surface area contributed by atoms with Crippen molar-refractivity contribution in [1.82, 2.24) is 19.7 Å². The Kier molecular flexibility index (Phi) is 4.32. The van der Waals surface area contributed by atoms with Gasteiger partial charge >= 0.3 is 0 Å². The fourth-order valence-corrected chi connectivity index (χ4v) is 2.90. The number of hydrogen-bond donors (Lipinski definition) is 0. The molecule has 122 valence electrons. The number of amides is 1. The molecule has 1 aliphatic heterocycles. The Morgan fingerprint density at radius 1 is 1.35 bits per heavy atom. The van der Waals surface area contributed by atoms with E-state index in [1.165, 1.54) is 0 Å². The standard InChI is InChI=1S/C17H23N5O/c1-13-15(11-19-21(13)3)12-20(2)16-10-14(6-7-18-16)17(23)22-8-4-5-9-22/h6-7,10-11H,4-5,8-9,12H2,1-3H3.